The third-order valence-electron chi connectivity index (χ3n) is 5.26. The predicted molar refractivity (Wildman–Crippen MR) is 103 cm³/mol. The van der Waals surface area contributed by atoms with Gasteiger partial charge in [0.1, 0.15) is 0 Å². The van der Waals surface area contributed by atoms with Gasteiger partial charge in [-0.05, 0) is 45.4 Å². The summed E-state index contributed by atoms with van der Waals surface area (Å²) in [4.78, 5) is 19.6. The lowest BCUT2D eigenvalue weighted by Gasteiger charge is -2.32. The quantitative estimate of drug-likeness (QED) is 0.756. The number of carbonyl (C=O) groups excluding carboxylic acids is 1. The summed E-state index contributed by atoms with van der Waals surface area (Å²) in [6, 6.07) is 1.19. The van der Waals surface area contributed by atoms with Gasteiger partial charge < -0.3 is 14.8 Å². The molecule has 1 saturated carbocycles. The summed E-state index contributed by atoms with van der Waals surface area (Å²) in [7, 11) is 0. The molecule has 0 bridgehead atoms. The Labute approximate surface area is 155 Å². The minimum Gasteiger partial charge on any atom is -0.353 e. The minimum atomic E-state index is 0.143. The maximum Gasteiger partial charge on any atom is 0.230 e. The molecule has 2 fully saturated rings. The molecule has 1 N–H and O–H groups in total. The fourth-order valence-electron chi connectivity index (χ4n) is 3.56. The van der Waals surface area contributed by atoms with Crippen molar-refractivity contribution < 1.29 is 4.79 Å². The van der Waals surface area contributed by atoms with Crippen molar-refractivity contribution >= 4 is 17.7 Å². The number of likely N-dealkylation sites (tertiary alicyclic amines) is 1. The van der Waals surface area contributed by atoms with E-state index in [1.807, 2.05) is 6.92 Å². The zero-order valence-corrected chi connectivity index (χ0v) is 16.9. The van der Waals surface area contributed by atoms with Crippen LogP contribution in [0.5, 0.6) is 0 Å². The summed E-state index contributed by atoms with van der Waals surface area (Å²) in [5.41, 5.74) is 2.28. The number of imidazole rings is 1. The zero-order chi connectivity index (χ0) is 18.0. The van der Waals surface area contributed by atoms with E-state index >= 15 is 0 Å². The Morgan fingerprint density at radius 1 is 1.24 bits per heavy atom. The van der Waals surface area contributed by atoms with Gasteiger partial charge in [0.25, 0.3) is 0 Å². The van der Waals surface area contributed by atoms with Crippen molar-refractivity contribution in [2.24, 2.45) is 5.92 Å². The standard InChI is InChI=1S/C19H32N4OS/c1-13(2)11-23-15(4)14(3)20-19(23)25-12-18(24)21-16-7-9-22(10-8-16)17-5-6-17/h13,16-17H,5-12H2,1-4H3,(H,21,24). The molecule has 6 heteroatoms. The van der Waals surface area contributed by atoms with Crippen LogP contribution in [0.25, 0.3) is 0 Å². The predicted octanol–water partition coefficient (Wildman–Crippen LogP) is 2.99. The lowest BCUT2D eigenvalue weighted by Crippen LogP contribution is -2.45. The molecule has 1 saturated heterocycles. The molecule has 2 heterocycles. The second-order valence-corrected chi connectivity index (χ2v) is 8.91. The van der Waals surface area contributed by atoms with E-state index in [4.69, 9.17) is 0 Å². The molecule has 0 unspecified atom stereocenters. The molecule has 1 amide bonds. The van der Waals surface area contributed by atoms with E-state index in [1.54, 1.807) is 11.8 Å². The van der Waals surface area contributed by atoms with Crippen LogP contribution in [0.4, 0.5) is 0 Å². The second kappa shape index (κ2) is 8.12. The third kappa shape index (κ3) is 5.00. The van der Waals surface area contributed by atoms with E-state index in [1.165, 1.54) is 18.5 Å². The van der Waals surface area contributed by atoms with E-state index in [2.05, 4.69) is 40.5 Å². The monoisotopic (exact) mass is 364 g/mol. The molecule has 1 aromatic rings. The van der Waals surface area contributed by atoms with Crippen LogP contribution < -0.4 is 5.32 Å². The number of piperidine rings is 1. The molecular weight excluding hydrogens is 332 g/mol. The number of thioether (sulfide) groups is 1. The first-order valence-electron chi connectivity index (χ1n) is 9.64. The molecule has 25 heavy (non-hydrogen) atoms. The molecule has 140 valence electrons. The van der Waals surface area contributed by atoms with Crippen molar-refractivity contribution in [1.29, 1.82) is 0 Å². The van der Waals surface area contributed by atoms with Crippen molar-refractivity contribution in [2.45, 2.75) is 77.2 Å². The van der Waals surface area contributed by atoms with Gasteiger partial charge in [-0.25, -0.2) is 4.98 Å². The Morgan fingerprint density at radius 2 is 1.92 bits per heavy atom. The van der Waals surface area contributed by atoms with E-state index in [0.29, 0.717) is 17.7 Å². The van der Waals surface area contributed by atoms with Crippen LogP contribution in [0.1, 0.15) is 50.9 Å². The second-order valence-electron chi connectivity index (χ2n) is 7.97. The Balaban J connectivity index is 1.46. The highest BCUT2D eigenvalue weighted by Gasteiger charge is 2.32. The molecule has 1 aliphatic heterocycles. The number of nitrogens with one attached hydrogen (secondary N) is 1. The number of amides is 1. The summed E-state index contributed by atoms with van der Waals surface area (Å²) >= 11 is 1.57. The third-order valence-corrected chi connectivity index (χ3v) is 6.24. The maximum atomic E-state index is 12.4. The van der Waals surface area contributed by atoms with Crippen LogP contribution in [-0.4, -0.2) is 51.3 Å². The lowest BCUT2D eigenvalue weighted by atomic mass is 10.1. The van der Waals surface area contributed by atoms with Gasteiger partial charge in [-0.1, -0.05) is 25.6 Å². The van der Waals surface area contributed by atoms with Crippen LogP contribution in [0.2, 0.25) is 0 Å². The lowest BCUT2D eigenvalue weighted by molar-refractivity contribution is -0.119. The van der Waals surface area contributed by atoms with Gasteiger partial charge in [0.2, 0.25) is 5.91 Å². The molecule has 2 aliphatic rings. The van der Waals surface area contributed by atoms with Crippen LogP contribution in [0.3, 0.4) is 0 Å². The normalized spacial score (nSPS) is 19.6. The molecule has 0 aromatic carbocycles. The smallest absolute Gasteiger partial charge is 0.230 e. The Hall–Kier alpha value is -1.01. The first kappa shape index (κ1) is 18.8. The first-order chi connectivity index (χ1) is 11.9. The summed E-state index contributed by atoms with van der Waals surface area (Å²) in [5, 5.41) is 4.20. The average Bonchev–Trinajstić information content (AvgIpc) is 3.37. The maximum absolute atomic E-state index is 12.4. The van der Waals surface area contributed by atoms with Gasteiger partial charge in [-0.2, -0.15) is 0 Å². The number of aromatic nitrogens is 2. The number of hydrogen-bond acceptors (Lipinski definition) is 4. The average molecular weight is 365 g/mol. The van der Waals surface area contributed by atoms with Gasteiger partial charge in [-0.15, -0.1) is 0 Å². The number of aryl methyl sites for hydroxylation is 1. The molecule has 0 radical (unpaired) electrons. The molecule has 1 aliphatic carbocycles. The molecule has 3 rings (SSSR count). The van der Waals surface area contributed by atoms with E-state index in [0.717, 1.165) is 49.4 Å². The minimum absolute atomic E-state index is 0.143. The fourth-order valence-corrected chi connectivity index (χ4v) is 4.47. The molecule has 0 spiro atoms. The zero-order valence-electron chi connectivity index (χ0n) is 16.0. The molecule has 5 nitrogen and oxygen atoms in total. The van der Waals surface area contributed by atoms with Gasteiger partial charge in [0, 0.05) is 37.4 Å². The number of carbonyl (C=O) groups is 1. The van der Waals surface area contributed by atoms with Crippen LogP contribution in [0.15, 0.2) is 5.16 Å². The molecule has 0 atom stereocenters. The van der Waals surface area contributed by atoms with Crippen molar-refractivity contribution in [1.82, 2.24) is 19.8 Å². The number of rotatable bonds is 7. The van der Waals surface area contributed by atoms with Crippen molar-refractivity contribution in [3.8, 4) is 0 Å². The van der Waals surface area contributed by atoms with Crippen LogP contribution in [-0.2, 0) is 11.3 Å². The summed E-state index contributed by atoms with van der Waals surface area (Å²) in [5.74, 6) is 1.16. The van der Waals surface area contributed by atoms with Gasteiger partial charge >= 0.3 is 0 Å². The highest BCUT2D eigenvalue weighted by molar-refractivity contribution is 7.99. The Morgan fingerprint density at radius 3 is 2.52 bits per heavy atom. The largest absolute Gasteiger partial charge is 0.353 e. The summed E-state index contributed by atoms with van der Waals surface area (Å²) in [6.07, 6.45) is 4.92. The Kier molecular flexibility index (Phi) is 6.10. The highest BCUT2D eigenvalue weighted by Crippen LogP contribution is 2.29. The van der Waals surface area contributed by atoms with Gasteiger partial charge in [-0.3, -0.25) is 4.79 Å². The van der Waals surface area contributed by atoms with Crippen LogP contribution in [0, 0.1) is 19.8 Å². The molecular formula is C19H32N4OS. The first-order valence-corrected chi connectivity index (χ1v) is 10.6. The molecule has 1 aromatic heterocycles. The fraction of sp³-hybridized carbons (Fsp3) is 0.789. The van der Waals surface area contributed by atoms with Crippen molar-refractivity contribution in [3.63, 3.8) is 0 Å². The summed E-state index contributed by atoms with van der Waals surface area (Å²) in [6.45, 7) is 11.8. The SMILES string of the molecule is Cc1nc(SCC(=O)NC2CCN(C3CC3)CC2)n(CC(C)C)c1C. The van der Waals surface area contributed by atoms with Crippen molar-refractivity contribution in [3.05, 3.63) is 11.4 Å². The number of nitrogens with zero attached hydrogens (tertiary/aromatic N) is 3. The summed E-state index contributed by atoms with van der Waals surface area (Å²) < 4.78 is 2.26. The van der Waals surface area contributed by atoms with E-state index < -0.39 is 0 Å². The Bertz CT molecular complexity index is 601. The van der Waals surface area contributed by atoms with E-state index in [-0.39, 0.29) is 5.91 Å². The topological polar surface area (TPSA) is 50.2 Å². The van der Waals surface area contributed by atoms with E-state index in [9.17, 15) is 4.79 Å². The van der Waals surface area contributed by atoms with Crippen molar-refractivity contribution in [2.75, 3.05) is 18.8 Å². The van der Waals surface area contributed by atoms with Gasteiger partial charge in [0.05, 0.1) is 11.4 Å². The van der Waals surface area contributed by atoms with Crippen LogP contribution >= 0.6 is 11.8 Å². The number of hydrogen-bond donors (Lipinski definition) is 1. The van der Waals surface area contributed by atoms with Gasteiger partial charge in [0.15, 0.2) is 5.16 Å². The highest BCUT2D eigenvalue weighted by atomic mass is 32.2.